The van der Waals surface area contributed by atoms with Gasteiger partial charge in [-0.15, -0.1) is 0 Å². The van der Waals surface area contributed by atoms with Crippen molar-refractivity contribution in [2.75, 3.05) is 13.7 Å². The van der Waals surface area contributed by atoms with E-state index in [1.807, 2.05) is 25.3 Å². The molecular formula is C19H28O3. The molecule has 1 heterocycles. The maximum absolute atomic E-state index is 6.41. The summed E-state index contributed by atoms with van der Waals surface area (Å²) in [7, 11) is 1.82. The second-order valence-electron chi connectivity index (χ2n) is 7.95. The minimum Gasteiger partial charge on any atom is -0.381 e. The Kier molecular flexibility index (Phi) is 4.09. The smallest absolute Gasteiger partial charge is 0.184 e. The van der Waals surface area contributed by atoms with E-state index >= 15 is 0 Å². The highest BCUT2D eigenvalue weighted by Crippen LogP contribution is 2.54. The van der Waals surface area contributed by atoms with Crippen LogP contribution in [0.15, 0.2) is 30.3 Å². The highest BCUT2D eigenvalue weighted by Gasteiger charge is 2.56. The second-order valence-corrected chi connectivity index (χ2v) is 7.95. The number of methoxy groups -OCH3 is 1. The third-order valence-corrected chi connectivity index (χ3v) is 5.43. The summed E-state index contributed by atoms with van der Waals surface area (Å²) in [6.45, 7) is 9.88. The van der Waals surface area contributed by atoms with E-state index in [1.54, 1.807) is 0 Å². The molecule has 0 aromatic heterocycles. The minimum absolute atomic E-state index is 0.0449. The molecule has 1 aromatic rings. The Morgan fingerprint density at radius 2 is 1.82 bits per heavy atom. The molecule has 3 nitrogen and oxygen atoms in total. The van der Waals surface area contributed by atoms with Crippen LogP contribution in [0, 0.1) is 16.7 Å². The average Bonchev–Trinajstić information content (AvgIpc) is 2.47. The molecule has 2 aliphatic rings. The Labute approximate surface area is 134 Å². The lowest BCUT2D eigenvalue weighted by atomic mass is 9.57. The van der Waals surface area contributed by atoms with Gasteiger partial charge < -0.3 is 14.2 Å². The van der Waals surface area contributed by atoms with Crippen molar-refractivity contribution in [1.29, 1.82) is 0 Å². The maximum atomic E-state index is 6.41. The van der Waals surface area contributed by atoms with Gasteiger partial charge in [0.05, 0.1) is 18.8 Å². The topological polar surface area (TPSA) is 27.7 Å². The van der Waals surface area contributed by atoms with E-state index in [2.05, 4.69) is 39.8 Å². The quantitative estimate of drug-likeness (QED) is 0.820. The van der Waals surface area contributed by atoms with E-state index in [4.69, 9.17) is 14.2 Å². The molecule has 1 saturated heterocycles. The highest BCUT2D eigenvalue weighted by atomic mass is 16.7. The van der Waals surface area contributed by atoms with Crippen LogP contribution in [0.25, 0.3) is 0 Å². The van der Waals surface area contributed by atoms with Crippen LogP contribution >= 0.6 is 0 Å². The summed E-state index contributed by atoms with van der Waals surface area (Å²) < 4.78 is 18.3. The Morgan fingerprint density at radius 1 is 1.14 bits per heavy atom. The summed E-state index contributed by atoms with van der Waals surface area (Å²) in [6, 6.07) is 10.2. The molecule has 0 spiro atoms. The van der Waals surface area contributed by atoms with Crippen LogP contribution < -0.4 is 0 Å². The predicted octanol–water partition coefficient (Wildman–Crippen LogP) is 4.19. The lowest BCUT2D eigenvalue weighted by molar-refractivity contribution is -0.313. The van der Waals surface area contributed by atoms with Crippen LogP contribution in [0.3, 0.4) is 0 Å². The summed E-state index contributed by atoms with van der Waals surface area (Å²) in [6.07, 6.45) is 1.15. The summed E-state index contributed by atoms with van der Waals surface area (Å²) in [5, 5.41) is 0. The van der Waals surface area contributed by atoms with Gasteiger partial charge in [0.15, 0.2) is 6.29 Å². The molecule has 0 amide bonds. The van der Waals surface area contributed by atoms with Crippen molar-refractivity contribution in [2.24, 2.45) is 16.7 Å². The number of ether oxygens (including phenoxy) is 3. The van der Waals surface area contributed by atoms with Crippen molar-refractivity contribution < 1.29 is 14.2 Å². The fourth-order valence-corrected chi connectivity index (χ4v) is 4.93. The molecule has 1 aliphatic heterocycles. The monoisotopic (exact) mass is 304 g/mol. The molecule has 5 unspecified atom stereocenters. The van der Waals surface area contributed by atoms with Gasteiger partial charge in [-0.2, -0.15) is 0 Å². The second kappa shape index (κ2) is 5.63. The summed E-state index contributed by atoms with van der Waals surface area (Å²) >= 11 is 0. The molecule has 2 fully saturated rings. The first-order valence-electron chi connectivity index (χ1n) is 8.22. The first-order chi connectivity index (χ1) is 10.4. The normalized spacial score (nSPS) is 41.0. The van der Waals surface area contributed by atoms with E-state index in [1.165, 1.54) is 0 Å². The fraction of sp³-hybridized carbons (Fsp3) is 0.684. The number of hydrogen-bond donors (Lipinski definition) is 0. The average molecular weight is 304 g/mol. The van der Waals surface area contributed by atoms with Gasteiger partial charge in [-0.3, -0.25) is 0 Å². The zero-order valence-corrected chi connectivity index (χ0v) is 14.3. The zero-order valence-electron chi connectivity index (χ0n) is 14.3. The van der Waals surface area contributed by atoms with Crippen LogP contribution in [0.5, 0.6) is 0 Å². The van der Waals surface area contributed by atoms with Crippen LogP contribution in [0.2, 0.25) is 0 Å². The van der Waals surface area contributed by atoms with Gasteiger partial charge >= 0.3 is 0 Å². The number of rotatable bonds is 2. The van der Waals surface area contributed by atoms with Gasteiger partial charge in [-0.1, -0.05) is 58.0 Å². The Hall–Kier alpha value is -0.900. The molecule has 5 atom stereocenters. The maximum Gasteiger partial charge on any atom is 0.184 e. The summed E-state index contributed by atoms with van der Waals surface area (Å²) in [5.41, 5.74) is 1.27. The molecule has 1 aromatic carbocycles. The number of fused-ring (bicyclic) bond motifs is 1. The zero-order chi connectivity index (χ0) is 16.0. The molecule has 0 N–H and O–H groups in total. The third kappa shape index (κ3) is 2.60. The van der Waals surface area contributed by atoms with Crippen molar-refractivity contribution in [3.63, 3.8) is 0 Å². The van der Waals surface area contributed by atoms with Crippen molar-refractivity contribution in [3.05, 3.63) is 35.9 Å². The van der Waals surface area contributed by atoms with Gasteiger partial charge in [-0.05, 0) is 11.8 Å². The molecule has 0 radical (unpaired) electrons. The van der Waals surface area contributed by atoms with Crippen molar-refractivity contribution in [3.8, 4) is 0 Å². The summed E-state index contributed by atoms with van der Waals surface area (Å²) in [5.74, 6) is 0.342. The van der Waals surface area contributed by atoms with Crippen molar-refractivity contribution >= 4 is 0 Å². The van der Waals surface area contributed by atoms with E-state index in [9.17, 15) is 0 Å². The molecule has 3 rings (SSSR count). The molecule has 22 heavy (non-hydrogen) atoms. The van der Waals surface area contributed by atoms with E-state index in [-0.39, 0.29) is 29.3 Å². The predicted molar refractivity (Wildman–Crippen MR) is 86.5 cm³/mol. The van der Waals surface area contributed by atoms with Gasteiger partial charge in [0.2, 0.25) is 0 Å². The van der Waals surface area contributed by atoms with Gasteiger partial charge in [0.25, 0.3) is 0 Å². The minimum atomic E-state index is -0.263. The highest BCUT2D eigenvalue weighted by molar-refractivity contribution is 5.17. The van der Waals surface area contributed by atoms with E-state index in [0.717, 1.165) is 18.6 Å². The van der Waals surface area contributed by atoms with Crippen molar-refractivity contribution in [1.82, 2.24) is 0 Å². The Balaban J connectivity index is 1.86. The first kappa shape index (κ1) is 16.0. The molecule has 0 bridgehead atoms. The lowest BCUT2D eigenvalue weighted by Crippen LogP contribution is -2.60. The lowest BCUT2D eigenvalue weighted by Gasteiger charge is -2.57. The van der Waals surface area contributed by atoms with E-state index in [0.29, 0.717) is 5.92 Å². The van der Waals surface area contributed by atoms with Gasteiger partial charge in [0, 0.05) is 24.0 Å². The van der Waals surface area contributed by atoms with Crippen LogP contribution in [-0.2, 0) is 14.2 Å². The first-order valence-corrected chi connectivity index (χ1v) is 8.22. The SMILES string of the molecule is COC1C(C)C2OC(c3ccccc3)OCC2(C)CC1(C)C. The molecule has 1 aliphatic carbocycles. The number of benzene rings is 1. The number of hydrogen-bond acceptors (Lipinski definition) is 3. The van der Waals surface area contributed by atoms with Crippen LogP contribution in [0.4, 0.5) is 0 Å². The Morgan fingerprint density at radius 3 is 2.45 bits per heavy atom. The molecular weight excluding hydrogens is 276 g/mol. The van der Waals surface area contributed by atoms with Crippen LogP contribution in [-0.4, -0.2) is 25.9 Å². The molecule has 122 valence electrons. The van der Waals surface area contributed by atoms with Gasteiger partial charge in [0.1, 0.15) is 0 Å². The van der Waals surface area contributed by atoms with Gasteiger partial charge in [-0.25, -0.2) is 0 Å². The van der Waals surface area contributed by atoms with Crippen LogP contribution in [0.1, 0.15) is 46.0 Å². The largest absolute Gasteiger partial charge is 0.381 e. The standard InChI is InChI=1S/C19H28O3/c1-13-15(20-5)18(2,3)11-19(4)12-21-17(22-16(13)19)14-9-7-6-8-10-14/h6-10,13,15-17H,11-12H2,1-5H3. The third-order valence-electron chi connectivity index (χ3n) is 5.43. The van der Waals surface area contributed by atoms with E-state index < -0.39 is 0 Å². The Bertz CT molecular complexity index is 513. The summed E-state index contributed by atoms with van der Waals surface area (Å²) in [4.78, 5) is 0. The molecule has 3 heteroatoms. The van der Waals surface area contributed by atoms with Crippen molar-refractivity contribution in [2.45, 2.75) is 52.6 Å². The molecule has 1 saturated carbocycles. The fourth-order valence-electron chi connectivity index (χ4n) is 4.93.